The SMILES string of the molecule is Cc1nc(C(C)C)sc1C(=O)N[C@@H](CCS(C)(=O)=O)C(=O)O. The zero-order valence-electron chi connectivity index (χ0n) is 12.9. The molecule has 0 bridgehead atoms. The lowest BCUT2D eigenvalue weighted by Crippen LogP contribution is -2.41. The number of aryl methyl sites for hydroxylation is 1. The van der Waals surface area contributed by atoms with Gasteiger partial charge in [-0.25, -0.2) is 18.2 Å². The van der Waals surface area contributed by atoms with E-state index in [0.29, 0.717) is 10.6 Å². The van der Waals surface area contributed by atoms with Gasteiger partial charge >= 0.3 is 5.97 Å². The lowest BCUT2D eigenvalue weighted by Gasteiger charge is -2.13. The second kappa shape index (κ2) is 7.19. The van der Waals surface area contributed by atoms with Crippen LogP contribution in [0.5, 0.6) is 0 Å². The molecule has 0 unspecified atom stereocenters. The van der Waals surface area contributed by atoms with Crippen molar-refractivity contribution in [2.24, 2.45) is 0 Å². The largest absolute Gasteiger partial charge is 0.480 e. The zero-order chi connectivity index (χ0) is 17.1. The number of sulfone groups is 1. The van der Waals surface area contributed by atoms with E-state index in [4.69, 9.17) is 5.11 Å². The van der Waals surface area contributed by atoms with Crippen LogP contribution in [0.3, 0.4) is 0 Å². The Morgan fingerprint density at radius 2 is 1.95 bits per heavy atom. The van der Waals surface area contributed by atoms with Crippen LogP contribution in [0.15, 0.2) is 0 Å². The third-order valence-electron chi connectivity index (χ3n) is 2.89. The van der Waals surface area contributed by atoms with E-state index >= 15 is 0 Å². The molecule has 0 fully saturated rings. The Kier molecular flexibility index (Phi) is 6.07. The van der Waals surface area contributed by atoms with E-state index in [-0.39, 0.29) is 18.1 Å². The smallest absolute Gasteiger partial charge is 0.326 e. The second-order valence-corrected chi connectivity index (χ2v) is 8.69. The number of rotatable bonds is 7. The molecule has 1 aromatic heterocycles. The molecule has 1 aromatic rings. The van der Waals surface area contributed by atoms with Crippen molar-refractivity contribution in [1.82, 2.24) is 10.3 Å². The molecular formula is C13H20N2O5S2. The normalized spacial score (nSPS) is 13.1. The molecule has 0 aromatic carbocycles. The Bertz CT molecular complexity index is 664. The number of carboxylic acids is 1. The highest BCUT2D eigenvalue weighted by molar-refractivity contribution is 7.90. The van der Waals surface area contributed by atoms with Crippen molar-refractivity contribution in [2.45, 2.75) is 39.2 Å². The van der Waals surface area contributed by atoms with E-state index in [9.17, 15) is 18.0 Å². The van der Waals surface area contributed by atoms with Crippen LogP contribution in [-0.4, -0.2) is 48.4 Å². The van der Waals surface area contributed by atoms with Crippen LogP contribution >= 0.6 is 11.3 Å². The Balaban J connectivity index is 2.85. The Labute approximate surface area is 133 Å². The fraction of sp³-hybridized carbons (Fsp3) is 0.615. The maximum Gasteiger partial charge on any atom is 0.326 e. The van der Waals surface area contributed by atoms with Gasteiger partial charge in [-0.3, -0.25) is 4.79 Å². The van der Waals surface area contributed by atoms with Crippen molar-refractivity contribution in [3.05, 3.63) is 15.6 Å². The third kappa shape index (κ3) is 5.38. The van der Waals surface area contributed by atoms with Gasteiger partial charge in [-0.15, -0.1) is 11.3 Å². The molecule has 124 valence electrons. The lowest BCUT2D eigenvalue weighted by atomic mass is 10.2. The number of nitrogens with zero attached hydrogens (tertiary/aromatic N) is 1. The number of carboxylic acid groups (broad SMARTS) is 1. The van der Waals surface area contributed by atoms with Crippen LogP contribution in [0.4, 0.5) is 0 Å². The summed E-state index contributed by atoms with van der Waals surface area (Å²) in [5.74, 6) is -1.93. The maximum absolute atomic E-state index is 12.2. The molecule has 0 spiro atoms. The van der Waals surface area contributed by atoms with Gasteiger partial charge in [0.05, 0.1) is 16.5 Å². The van der Waals surface area contributed by atoms with Crippen LogP contribution in [0.2, 0.25) is 0 Å². The molecule has 9 heteroatoms. The van der Waals surface area contributed by atoms with Gasteiger partial charge in [-0.1, -0.05) is 13.8 Å². The summed E-state index contributed by atoms with van der Waals surface area (Å²) >= 11 is 1.22. The van der Waals surface area contributed by atoms with Crippen LogP contribution in [-0.2, 0) is 14.6 Å². The predicted molar refractivity (Wildman–Crippen MR) is 84.2 cm³/mol. The third-order valence-corrected chi connectivity index (χ3v) is 5.33. The van der Waals surface area contributed by atoms with Crippen LogP contribution in [0.1, 0.15) is 46.6 Å². The first kappa shape index (κ1) is 18.6. The number of aromatic nitrogens is 1. The first-order valence-electron chi connectivity index (χ1n) is 6.70. The van der Waals surface area contributed by atoms with Crippen molar-refractivity contribution in [1.29, 1.82) is 0 Å². The number of hydrogen-bond acceptors (Lipinski definition) is 6. The van der Waals surface area contributed by atoms with E-state index in [2.05, 4.69) is 10.3 Å². The average Bonchev–Trinajstić information content (AvgIpc) is 2.75. The number of carbonyl (C=O) groups is 2. The van der Waals surface area contributed by atoms with E-state index in [1.165, 1.54) is 11.3 Å². The number of amides is 1. The molecule has 0 aliphatic rings. The summed E-state index contributed by atoms with van der Waals surface area (Å²) in [6.45, 7) is 5.59. The average molecular weight is 348 g/mol. The quantitative estimate of drug-likeness (QED) is 0.765. The van der Waals surface area contributed by atoms with Gasteiger partial charge in [-0.2, -0.15) is 0 Å². The summed E-state index contributed by atoms with van der Waals surface area (Å²) in [4.78, 5) is 28.0. The molecule has 0 aliphatic carbocycles. The summed E-state index contributed by atoms with van der Waals surface area (Å²) in [7, 11) is -3.29. The van der Waals surface area contributed by atoms with Crippen LogP contribution in [0, 0.1) is 6.92 Å². The number of carbonyl (C=O) groups excluding carboxylic acids is 1. The second-order valence-electron chi connectivity index (χ2n) is 5.40. The molecular weight excluding hydrogens is 328 g/mol. The molecule has 1 rings (SSSR count). The molecule has 2 N–H and O–H groups in total. The Morgan fingerprint density at radius 1 is 1.36 bits per heavy atom. The minimum Gasteiger partial charge on any atom is -0.480 e. The number of nitrogens with one attached hydrogen (secondary N) is 1. The highest BCUT2D eigenvalue weighted by atomic mass is 32.2. The summed E-state index contributed by atoms with van der Waals surface area (Å²) in [6.07, 6.45) is 0.852. The fourth-order valence-electron chi connectivity index (χ4n) is 1.69. The van der Waals surface area contributed by atoms with Crippen LogP contribution < -0.4 is 5.32 Å². The highest BCUT2D eigenvalue weighted by Gasteiger charge is 2.24. The standard InChI is InChI=1S/C13H20N2O5S2/c1-7(2)12-14-8(3)10(21-12)11(16)15-9(13(17)18)5-6-22(4,19)20/h7,9H,5-6H2,1-4H3,(H,15,16)(H,17,18)/t9-/m0/s1. The number of hydrogen-bond donors (Lipinski definition) is 2. The topological polar surface area (TPSA) is 113 Å². The van der Waals surface area contributed by atoms with E-state index in [1.54, 1.807) is 6.92 Å². The molecule has 0 aliphatic heterocycles. The monoisotopic (exact) mass is 348 g/mol. The molecule has 1 heterocycles. The first-order valence-corrected chi connectivity index (χ1v) is 9.57. The minimum absolute atomic E-state index is 0.172. The van der Waals surface area contributed by atoms with Gasteiger partial charge in [0.1, 0.15) is 20.8 Å². The number of thiazole rings is 1. The van der Waals surface area contributed by atoms with E-state index < -0.39 is 27.8 Å². The van der Waals surface area contributed by atoms with Gasteiger partial charge in [0.25, 0.3) is 5.91 Å². The maximum atomic E-state index is 12.2. The molecule has 0 saturated heterocycles. The van der Waals surface area contributed by atoms with E-state index in [0.717, 1.165) is 11.3 Å². The van der Waals surface area contributed by atoms with Crippen molar-refractivity contribution >= 4 is 33.1 Å². The van der Waals surface area contributed by atoms with Crippen LogP contribution in [0.25, 0.3) is 0 Å². The van der Waals surface area contributed by atoms with Crippen molar-refractivity contribution in [3.63, 3.8) is 0 Å². The molecule has 7 nitrogen and oxygen atoms in total. The van der Waals surface area contributed by atoms with Gasteiger partial charge in [0.15, 0.2) is 0 Å². The molecule has 0 saturated carbocycles. The fourth-order valence-corrected chi connectivity index (χ4v) is 3.32. The summed E-state index contributed by atoms with van der Waals surface area (Å²) < 4.78 is 22.3. The van der Waals surface area contributed by atoms with Gasteiger partial charge in [0.2, 0.25) is 0 Å². The zero-order valence-corrected chi connectivity index (χ0v) is 14.5. The summed E-state index contributed by atoms with van der Waals surface area (Å²) in [6, 6.07) is -1.24. The highest BCUT2D eigenvalue weighted by Crippen LogP contribution is 2.24. The lowest BCUT2D eigenvalue weighted by molar-refractivity contribution is -0.139. The Hall–Kier alpha value is -1.48. The van der Waals surface area contributed by atoms with Crippen molar-refractivity contribution in [2.75, 3.05) is 12.0 Å². The van der Waals surface area contributed by atoms with Gasteiger partial charge in [-0.05, 0) is 13.3 Å². The minimum atomic E-state index is -3.29. The van der Waals surface area contributed by atoms with E-state index in [1.807, 2.05) is 13.8 Å². The number of aliphatic carboxylic acids is 1. The van der Waals surface area contributed by atoms with Gasteiger partial charge < -0.3 is 10.4 Å². The molecule has 1 amide bonds. The summed E-state index contributed by atoms with van der Waals surface area (Å²) in [5.41, 5.74) is 0.540. The molecule has 1 atom stereocenters. The molecule has 0 radical (unpaired) electrons. The first-order chi connectivity index (χ1) is 10.0. The summed E-state index contributed by atoms with van der Waals surface area (Å²) in [5, 5.41) is 12.3. The van der Waals surface area contributed by atoms with Crippen molar-refractivity contribution in [3.8, 4) is 0 Å². The molecule has 22 heavy (non-hydrogen) atoms. The van der Waals surface area contributed by atoms with Gasteiger partial charge in [0, 0.05) is 12.2 Å². The predicted octanol–water partition coefficient (Wildman–Crippen LogP) is 1.19. The van der Waals surface area contributed by atoms with Crippen molar-refractivity contribution < 1.29 is 23.1 Å². The Morgan fingerprint density at radius 3 is 2.36 bits per heavy atom.